The van der Waals surface area contributed by atoms with Crippen LogP contribution in [0.3, 0.4) is 0 Å². The van der Waals surface area contributed by atoms with Gasteiger partial charge in [-0.2, -0.15) is 13.2 Å². The number of carbonyl (C=O) groups is 1. The lowest BCUT2D eigenvalue weighted by atomic mass is 10.2. The van der Waals surface area contributed by atoms with Crippen molar-refractivity contribution in [1.82, 2.24) is 10.3 Å². The lowest BCUT2D eigenvalue weighted by molar-refractivity contribution is -0.137. The number of hydrogen-bond donors (Lipinski definition) is 1. The van der Waals surface area contributed by atoms with E-state index in [0.29, 0.717) is 24.1 Å². The van der Waals surface area contributed by atoms with E-state index in [2.05, 4.69) is 10.3 Å². The Morgan fingerprint density at radius 3 is 2.48 bits per heavy atom. The molecule has 2 heterocycles. The normalized spacial score (nSPS) is 11.2. The first-order valence-electron chi connectivity index (χ1n) is 8.03. The SMILES string of the molecule is O=C(NCCc1cccs1)c1ccc(Oc2ccc(C(F)(F)F)cn2)cc1. The largest absolute Gasteiger partial charge is 0.439 e. The third-order valence-corrected chi connectivity index (χ3v) is 4.58. The number of amides is 1. The predicted octanol–water partition coefficient (Wildman–Crippen LogP) is 4.93. The van der Waals surface area contributed by atoms with Crippen LogP contribution in [0.1, 0.15) is 20.8 Å². The Labute approximate surface area is 157 Å². The summed E-state index contributed by atoms with van der Waals surface area (Å²) in [6, 6.07) is 12.3. The predicted molar refractivity (Wildman–Crippen MR) is 96.1 cm³/mol. The zero-order chi connectivity index (χ0) is 19.3. The van der Waals surface area contributed by atoms with Crippen LogP contribution in [0.5, 0.6) is 11.6 Å². The third-order valence-electron chi connectivity index (χ3n) is 3.64. The van der Waals surface area contributed by atoms with E-state index in [0.717, 1.165) is 18.6 Å². The minimum Gasteiger partial charge on any atom is -0.439 e. The highest BCUT2D eigenvalue weighted by atomic mass is 32.1. The number of ether oxygens (including phenoxy) is 1. The van der Waals surface area contributed by atoms with Gasteiger partial charge in [-0.3, -0.25) is 4.79 Å². The second-order valence-corrected chi connectivity index (χ2v) is 6.63. The molecular weight excluding hydrogens is 377 g/mol. The van der Waals surface area contributed by atoms with E-state index >= 15 is 0 Å². The Bertz CT molecular complexity index is 877. The Morgan fingerprint density at radius 2 is 1.89 bits per heavy atom. The van der Waals surface area contributed by atoms with E-state index in [1.165, 1.54) is 4.88 Å². The lowest BCUT2D eigenvalue weighted by Crippen LogP contribution is -2.25. The number of hydrogen-bond acceptors (Lipinski definition) is 4. The number of benzene rings is 1. The minimum atomic E-state index is -4.44. The van der Waals surface area contributed by atoms with Crippen LogP contribution in [0.15, 0.2) is 60.1 Å². The second-order valence-electron chi connectivity index (χ2n) is 5.59. The number of nitrogens with one attached hydrogen (secondary N) is 1. The maximum Gasteiger partial charge on any atom is 0.417 e. The average Bonchev–Trinajstić information content (AvgIpc) is 3.15. The van der Waals surface area contributed by atoms with E-state index in [9.17, 15) is 18.0 Å². The van der Waals surface area contributed by atoms with Gasteiger partial charge in [0.1, 0.15) is 5.75 Å². The summed E-state index contributed by atoms with van der Waals surface area (Å²) >= 11 is 1.64. The first kappa shape index (κ1) is 18.9. The van der Waals surface area contributed by atoms with Gasteiger partial charge in [0, 0.05) is 29.2 Å². The summed E-state index contributed by atoms with van der Waals surface area (Å²) in [5.74, 6) is 0.208. The molecule has 1 aromatic carbocycles. The Hall–Kier alpha value is -2.87. The van der Waals surface area contributed by atoms with Gasteiger partial charge >= 0.3 is 6.18 Å². The van der Waals surface area contributed by atoms with Gasteiger partial charge in [0.15, 0.2) is 0 Å². The Balaban J connectivity index is 1.54. The zero-order valence-corrected chi connectivity index (χ0v) is 14.8. The summed E-state index contributed by atoms with van der Waals surface area (Å²) in [7, 11) is 0. The topological polar surface area (TPSA) is 51.2 Å². The number of alkyl halides is 3. The van der Waals surface area contributed by atoms with Crippen molar-refractivity contribution in [3.63, 3.8) is 0 Å². The molecule has 0 spiro atoms. The number of carbonyl (C=O) groups excluding carboxylic acids is 1. The second kappa shape index (κ2) is 8.22. The molecule has 0 saturated carbocycles. The first-order chi connectivity index (χ1) is 12.9. The molecular formula is C19H15F3N2O2S. The summed E-state index contributed by atoms with van der Waals surface area (Å²) in [6.07, 6.45) is -2.96. The number of pyridine rings is 1. The Morgan fingerprint density at radius 1 is 1.11 bits per heavy atom. The van der Waals surface area contributed by atoms with E-state index in [4.69, 9.17) is 4.74 Å². The molecule has 0 fully saturated rings. The molecule has 0 atom stereocenters. The number of thiophene rings is 1. The van der Waals surface area contributed by atoms with E-state index in [1.54, 1.807) is 35.6 Å². The third kappa shape index (κ3) is 5.30. The maximum absolute atomic E-state index is 12.5. The average molecular weight is 392 g/mol. The van der Waals surface area contributed by atoms with Crippen LogP contribution >= 0.6 is 11.3 Å². The fraction of sp³-hybridized carbons (Fsp3) is 0.158. The van der Waals surface area contributed by atoms with Crippen LogP contribution in [0, 0.1) is 0 Å². The van der Waals surface area contributed by atoms with Crippen molar-refractivity contribution >= 4 is 17.2 Å². The highest BCUT2D eigenvalue weighted by Crippen LogP contribution is 2.30. The van der Waals surface area contributed by atoms with E-state index in [1.807, 2.05) is 17.5 Å². The summed E-state index contributed by atoms with van der Waals surface area (Å²) in [4.78, 5) is 16.9. The molecule has 0 aliphatic carbocycles. The molecule has 0 saturated heterocycles. The van der Waals surface area contributed by atoms with Crippen molar-refractivity contribution in [2.45, 2.75) is 12.6 Å². The zero-order valence-electron chi connectivity index (χ0n) is 14.0. The quantitative estimate of drug-likeness (QED) is 0.647. The van der Waals surface area contributed by atoms with Crippen LogP contribution in [0.2, 0.25) is 0 Å². The summed E-state index contributed by atoms with van der Waals surface area (Å²) in [5.41, 5.74) is -0.377. The smallest absolute Gasteiger partial charge is 0.417 e. The van der Waals surface area contributed by atoms with Crippen LogP contribution in [-0.4, -0.2) is 17.4 Å². The maximum atomic E-state index is 12.5. The molecule has 4 nitrogen and oxygen atoms in total. The van der Waals surface area contributed by atoms with Crippen molar-refractivity contribution in [2.24, 2.45) is 0 Å². The summed E-state index contributed by atoms with van der Waals surface area (Å²) in [6.45, 7) is 0.535. The van der Waals surface area contributed by atoms with Crippen molar-refractivity contribution in [2.75, 3.05) is 6.54 Å². The molecule has 0 aliphatic rings. The van der Waals surface area contributed by atoms with Crippen molar-refractivity contribution in [1.29, 1.82) is 0 Å². The standard InChI is InChI=1S/C19H15F3N2O2S/c20-19(21,22)14-5-8-17(24-12-14)26-15-6-3-13(4-7-15)18(25)23-10-9-16-2-1-11-27-16/h1-8,11-12H,9-10H2,(H,23,25). The van der Waals surface area contributed by atoms with Crippen LogP contribution in [0.4, 0.5) is 13.2 Å². The van der Waals surface area contributed by atoms with Crippen molar-refractivity contribution in [3.05, 3.63) is 76.1 Å². The van der Waals surface area contributed by atoms with Gasteiger partial charge in [-0.05, 0) is 48.2 Å². The van der Waals surface area contributed by atoms with Crippen molar-refractivity contribution in [3.8, 4) is 11.6 Å². The summed E-state index contributed by atoms with van der Waals surface area (Å²) < 4.78 is 43.0. The van der Waals surface area contributed by atoms with Gasteiger partial charge in [-0.25, -0.2) is 4.98 Å². The molecule has 0 unspecified atom stereocenters. The lowest BCUT2D eigenvalue weighted by Gasteiger charge is -2.09. The van der Waals surface area contributed by atoms with Crippen LogP contribution in [0.25, 0.3) is 0 Å². The van der Waals surface area contributed by atoms with Gasteiger partial charge in [0.05, 0.1) is 5.56 Å². The number of halogens is 3. The molecule has 0 aliphatic heterocycles. The Kier molecular flexibility index (Phi) is 5.75. The van der Waals surface area contributed by atoms with Gasteiger partial charge in [0.2, 0.25) is 5.88 Å². The highest BCUT2D eigenvalue weighted by molar-refractivity contribution is 7.09. The van der Waals surface area contributed by atoms with Gasteiger partial charge in [-0.1, -0.05) is 6.07 Å². The van der Waals surface area contributed by atoms with Gasteiger partial charge < -0.3 is 10.1 Å². The molecule has 2 aromatic heterocycles. The first-order valence-corrected chi connectivity index (χ1v) is 8.91. The van der Waals surface area contributed by atoms with Gasteiger partial charge in [0.25, 0.3) is 5.91 Å². The van der Waals surface area contributed by atoms with Gasteiger partial charge in [-0.15, -0.1) is 11.3 Å². The molecule has 0 radical (unpaired) electrons. The number of nitrogens with zero attached hydrogens (tertiary/aromatic N) is 1. The molecule has 140 valence electrons. The molecule has 3 rings (SSSR count). The van der Waals surface area contributed by atoms with E-state index in [-0.39, 0.29) is 11.8 Å². The highest BCUT2D eigenvalue weighted by Gasteiger charge is 2.30. The molecule has 8 heteroatoms. The van der Waals surface area contributed by atoms with Crippen LogP contribution in [-0.2, 0) is 12.6 Å². The van der Waals surface area contributed by atoms with Crippen LogP contribution < -0.4 is 10.1 Å². The monoisotopic (exact) mass is 392 g/mol. The van der Waals surface area contributed by atoms with E-state index < -0.39 is 11.7 Å². The number of rotatable bonds is 6. The molecule has 3 aromatic rings. The minimum absolute atomic E-state index is 0.0381. The molecule has 27 heavy (non-hydrogen) atoms. The fourth-order valence-electron chi connectivity index (χ4n) is 2.26. The summed E-state index contributed by atoms with van der Waals surface area (Å²) in [5, 5.41) is 4.82. The fourth-order valence-corrected chi connectivity index (χ4v) is 2.97. The van der Waals surface area contributed by atoms with Crippen molar-refractivity contribution < 1.29 is 22.7 Å². The molecule has 1 N–H and O–H groups in total. The molecule has 1 amide bonds. The molecule has 0 bridgehead atoms. The number of aromatic nitrogens is 1.